The van der Waals surface area contributed by atoms with E-state index in [1.165, 1.54) is 0 Å². The lowest BCUT2D eigenvalue weighted by atomic mass is 10.3. The number of likely N-dealkylation sites (N-methyl/N-ethyl adjacent to an activating group) is 1. The van der Waals surface area contributed by atoms with Crippen LogP contribution in [0.4, 0.5) is 11.9 Å². The van der Waals surface area contributed by atoms with Crippen LogP contribution in [0.25, 0.3) is 0 Å². The second-order valence-corrected chi connectivity index (χ2v) is 8.25. The average molecular weight is 378 g/mol. The molecule has 9 nitrogen and oxygen atoms in total. The Labute approximate surface area is 147 Å². The molecule has 0 aliphatic carbocycles. The first kappa shape index (κ1) is 19.1. The molecule has 1 aromatic rings. The van der Waals surface area contributed by atoms with Crippen molar-refractivity contribution in [1.82, 2.24) is 24.6 Å². The molecule has 2 heterocycles. The van der Waals surface area contributed by atoms with E-state index in [2.05, 4.69) is 36.9 Å². The number of piperazine rings is 1. The molecule has 1 aliphatic heterocycles. The topological polar surface area (TPSA) is 103 Å². The zero-order valence-electron chi connectivity index (χ0n) is 14.2. The zero-order chi connectivity index (χ0) is 17.7. The Kier molecular flexibility index (Phi) is 6.55. The number of nitrogens with zero attached hydrogens (tertiary/aromatic N) is 5. The van der Waals surface area contributed by atoms with Gasteiger partial charge < -0.3 is 15.1 Å². The minimum absolute atomic E-state index is 0.0711. The molecule has 136 valence electrons. The highest BCUT2D eigenvalue weighted by atomic mass is 35.5. The summed E-state index contributed by atoms with van der Waals surface area (Å²) in [4.78, 5) is 16.8. The molecule has 1 saturated heterocycles. The third-order valence-corrected chi connectivity index (χ3v) is 5.19. The fourth-order valence-electron chi connectivity index (χ4n) is 2.28. The first-order valence-electron chi connectivity index (χ1n) is 7.84. The van der Waals surface area contributed by atoms with Crippen LogP contribution in [0, 0.1) is 0 Å². The summed E-state index contributed by atoms with van der Waals surface area (Å²) in [5, 5.41) is 2.99. The maximum absolute atomic E-state index is 11.8. The van der Waals surface area contributed by atoms with Crippen LogP contribution in [0.5, 0.6) is 0 Å². The minimum atomic E-state index is -3.33. The lowest BCUT2D eigenvalue weighted by molar-refractivity contribution is 0.311. The van der Waals surface area contributed by atoms with E-state index in [-0.39, 0.29) is 29.6 Å². The van der Waals surface area contributed by atoms with Gasteiger partial charge in [0, 0.05) is 38.8 Å². The van der Waals surface area contributed by atoms with E-state index in [1.807, 2.05) is 4.90 Å². The van der Waals surface area contributed by atoms with Crippen LogP contribution in [-0.2, 0) is 10.0 Å². The van der Waals surface area contributed by atoms with Crippen molar-refractivity contribution in [3.05, 3.63) is 5.28 Å². The molecule has 0 saturated carbocycles. The lowest BCUT2D eigenvalue weighted by Crippen LogP contribution is -2.45. The number of aromatic nitrogens is 3. The fourth-order valence-corrected chi connectivity index (χ4v) is 3.64. The summed E-state index contributed by atoms with van der Waals surface area (Å²) in [6.07, 6.45) is 0. The van der Waals surface area contributed by atoms with Gasteiger partial charge in [0.15, 0.2) is 0 Å². The molecule has 0 radical (unpaired) electrons. The third kappa shape index (κ3) is 6.00. The molecule has 2 rings (SSSR count). The molecule has 0 aromatic carbocycles. The van der Waals surface area contributed by atoms with Gasteiger partial charge in [-0.2, -0.15) is 15.0 Å². The number of rotatable bonds is 7. The van der Waals surface area contributed by atoms with Gasteiger partial charge in [-0.1, -0.05) is 0 Å². The highest BCUT2D eigenvalue weighted by Gasteiger charge is 2.18. The van der Waals surface area contributed by atoms with Crippen molar-refractivity contribution < 1.29 is 8.42 Å². The van der Waals surface area contributed by atoms with E-state index in [1.54, 1.807) is 13.8 Å². The van der Waals surface area contributed by atoms with Crippen LogP contribution in [-0.4, -0.2) is 79.8 Å². The molecule has 0 spiro atoms. The van der Waals surface area contributed by atoms with Gasteiger partial charge >= 0.3 is 0 Å². The number of halogens is 1. The summed E-state index contributed by atoms with van der Waals surface area (Å²) in [6.45, 7) is 7.20. The van der Waals surface area contributed by atoms with Gasteiger partial charge in [0.2, 0.25) is 27.2 Å². The van der Waals surface area contributed by atoms with Gasteiger partial charge in [0.05, 0.1) is 5.75 Å². The Morgan fingerprint density at radius 3 is 2.46 bits per heavy atom. The molecular formula is C13H24ClN7O2S. The monoisotopic (exact) mass is 377 g/mol. The van der Waals surface area contributed by atoms with Crippen LogP contribution in [0.1, 0.15) is 13.8 Å². The Balaban J connectivity index is 1.96. The summed E-state index contributed by atoms with van der Waals surface area (Å²) < 4.78 is 26.1. The van der Waals surface area contributed by atoms with Crippen LogP contribution >= 0.6 is 11.6 Å². The highest BCUT2D eigenvalue weighted by molar-refractivity contribution is 7.89. The number of sulfonamides is 1. The summed E-state index contributed by atoms with van der Waals surface area (Å²) in [5.74, 6) is 0.718. The van der Waals surface area contributed by atoms with E-state index in [9.17, 15) is 8.42 Å². The summed E-state index contributed by atoms with van der Waals surface area (Å²) in [6, 6.07) is -0.134. The van der Waals surface area contributed by atoms with Crippen LogP contribution in [0.2, 0.25) is 5.28 Å². The molecule has 1 aliphatic rings. The van der Waals surface area contributed by atoms with Crippen molar-refractivity contribution >= 4 is 33.5 Å². The third-order valence-electron chi connectivity index (χ3n) is 3.45. The molecule has 1 fully saturated rings. The highest BCUT2D eigenvalue weighted by Crippen LogP contribution is 2.15. The largest absolute Gasteiger partial charge is 0.353 e. The number of nitrogens with one attached hydrogen (secondary N) is 2. The van der Waals surface area contributed by atoms with Gasteiger partial charge in [-0.05, 0) is 32.5 Å². The van der Waals surface area contributed by atoms with Crippen molar-refractivity contribution in [2.24, 2.45) is 0 Å². The summed E-state index contributed by atoms with van der Waals surface area (Å²) in [7, 11) is -1.26. The number of anilines is 2. The smallest absolute Gasteiger partial charge is 0.231 e. The van der Waals surface area contributed by atoms with Gasteiger partial charge in [0.1, 0.15) is 0 Å². The first-order valence-corrected chi connectivity index (χ1v) is 9.87. The Morgan fingerprint density at radius 1 is 1.17 bits per heavy atom. The standard InChI is InChI=1S/C13H24ClN7O2S/c1-10(2)19-24(22,23)9-4-15-12-16-11(14)17-13(18-12)21-7-5-20(3)6-8-21/h10,19H,4-9H2,1-3H3,(H,15,16,17,18). The molecule has 0 unspecified atom stereocenters. The number of hydrogen-bond acceptors (Lipinski definition) is 8. The normalized spacial score (nSPS) is 16.6. The van der Waals surface area contributed by atoms with E-state index < -0.39 is 10.0 Å². The molecule has 11 heteroatoms. The van der Waals surface area contributed by atoms with Crippen molar-refractivity contribution in [3.8, 4) is 0 Å². The quantitative estimate of drug-likeness (QED) is 0.685. The van der Waals surface area contributed by atoms with Crippen LogP contribution in [0.15, 0.2) is 0 Å². The van der Waals surface area contributed by atoms with Crippen molar-refractivity contribution in [2.75, 3.05) is 55.7 Å². The van der Waals surface area contributed by atoms with Gasteiger partial charge in [0.25, 0.3) is 0 Å². The molecule has 0 amide bonds. The second kappa shape index (κ2) is 8.24. The second-order valence-electron chi connectivity index (χ2n) is 6.04. The van der Waals surface area contributed by atoms with Crippen molar-refractivity contribution in [3.63, 3.8) is 0 Å². The number of hydrogen-bond donors (Lipinski definition) is 2. The SMILES string of the molecule is CC(C)NS(=O)(=O)CCNc1nc(Cl)nc(N2CCN(C)CC2)n1. The minimum Gasteiger partial charge on any atom is -0.353 e. The molecule has 1 aromatic heterocycles. The molecule has 0 atom stereocenters. The average Bonchev–Trinajstić information content (AvgIpc) is 2.45. The first-order chi connectivity index (χ1) is 11.2. The van der Waals surface area contributed by atoms with Gasteiger partial charge in [-0.3, -0.25) is 0 Å². The zero-order valence-corrected chi connectivity index (χ0v) is 15.7. The maximum atomic E-state index is 11.8. The van der Waals surface area contributed by atoms with Gasteiger partial charge in [-0.25, -0.2) is 13.1 Å². The van der Waals surface area contributed by atoms with Crippen LogP contribution < -0.4 is 14.9 Å². The summed E-state index contributed by atoms with van der Waals surface area (Å²) in [5.41, 5.74) is 0. The molecule has 2 N–H and O–H groups in total. The Bertz CT molecular complexity index is 648. The van der Waals surface area contributed by atoms with Crippen LogP contribution in [0.3, 0.4) is 0 Å². The fraction of sp³-hybridized carbons (Fsp3) is 0.769. The van der Waals surface area contributed by atoms with Crippen molar-refractivity contribution in [2.45, 2.75) is 19.9 Å². The van der Waals surface area contributed by atoms with E-state index in [4.69, 9.17) is 11.6 Å². The van der Waals surface area contributed by atoms with E-state index in [0.29, 0.717) is 5.95 Å². The van der Waals surface area contributed by atoms with E-state index >= 15 is 0 Å². The molecule has 0 bridgehead atoms. The summed E-state index contributed by atoms with van der Waals surface area (Å²) >= 11 is 5.97. The molecular weight excluding hydrogens is 354 g/mol. The molecule has 24 heavy (non-hydrogen) atoms. The predicted molar refractivity (Wildman–Crippen MR) is 95.1 cm³/mol. The maximum Gasteiger partial charge on any atom is 0.231 e. The van der Waals surface area contributed by atoms with Gasteiger partial charge in [-0.15, -0.1) is 0 Å². The Morgan fingerprint density at radius 2 is 1.83 bits per heavy atom. The van der Waals surface area contributed by atoms with E-state index in [0.717, 1.165) is 26.2 Å². The Hall–Kier alpha value is -1.23. The lowest BCUT2D eigenvalue weighted by Gasteiger charge is -2.32. The predicted octanol–water partition coefficient (Wildman–Crippen LogP) is 0.0165. The van der Waals surface area contributed by atoms with Crippen molar-refractivity contribution in [1.29, 1.82) is 0 Å².